The summed E-state index contributed by atoms with van der Waals surface area (Å²) in [5.74, 6) is 0. The SMILES string of the molecule is O=CC1CN(C(=Cc2cc3ccccc3s2)[SH](=O)=O)CCN1CCNc1ccncc1. The number of benzene rings is 1. The van der Waals surface area contributed by atoms with Gasteiger partial charge in [0.2, 0.25) is 0 Å². The lowest BCUT2D eigenvalue weighted by atomic mass is 10.2. The second kappa shape index (κ2) is 10.0. The third kappa shape index (κ3) is 5.30. The summed E-state index contributed by atoms with van der Waals surface area (Å²) in [5.41, 5.74) is 0.980. The Balaban J connectivity index is 1.43. The molecule has 0 bridgehead atoms. The molecule has 0 spiro atoms. The molecule has 0 aliphatic carbocycles. The van der Waals surface area contributed by atoms with Crippen LogP contribution in [-0.2, 0) is 15.5 Å². The van der Waals surface area contributed by atoms with Crippen molar-refractivity contribution in [1.29, 1.82) is 0 Å². The van der Waals surface area contributed by atoms with Gasteiger partial charge in [-0.3, -0.25) is 9.88 Å². The first-order chi connectivity index (χ1) is 15.1. The molecule has 3 heterocycles. The largest absolute Gasteiger partial charge is 0.384 e. The van der Waals surface area contributed by atoms with Crippen molar-refractivity contribution >= 4 is 50.2 Å². The van der Waals surface area contributed by atoms with E-state index in [1.807, 2.05) is 47.4 Å². The van der Waals surface area contributed by atoms with Crippen molar-refractivity contribution in [3.8, 4) is 0 Å². The summed E-state index contributed by atoms with van der Waals surface area (Å²) in [4.78, 5) is 20.5. The molecule has 0 amide bonds. The van der Waals surface area contributed by atoms with Crippen LogP contribution in [0.2, 0.25) is 0 Å². The molecule has 1 aromatic carbocycles. The number of thiol groups is 1. The quantitative estimate of drug-likeness (QED) is 0.398. The molecular formula is C22H24N4O3S2. The van der Waals surface area contributed by atoms with Crippen LogP contribution in [0.25, 0.3) is 16.2 Å². The predicted molar refractivity (Wildman–Crippen MR) is 126 cm³/mol. The number of carbonyl (C=O) groups excluding carboxylic acids is 1. The number of nitrogens with one attached hydrogen (secondary N) is 1. The summed E-state index contributed by atoms with van der Waals surface area (Å²) < 4.78 is 25.2. The van der Waals surface area contributed by atoms with Gasteiger partial charge in [0.05, 0.1) is 6.04 Å². The van der Waals surface area contributed by atoms with Crippen LogP contribution in [0, 0.1) is 0 Å². The standard InChI is InChI=1S/C22H24N4O3S2/c27-16-19-15-26(12-11-25(19)10-9-24-18-5-7-23-8-6-18)22(31(28)29)14-20-13-17-3-1-2-4-21(17)30-20/h1-8,13-14,16,19,31H,9-12,15H2,(H,23,24). The Kier molecular flexibility index (Phi) is 6.96. The number of hydrogen-bond acceptors (Lipinski definition) is 8. The number of pyridine rings is 1. The molecule has 1 N–H and O–H groups in total. The Morgan fingerprint density at radius 3 is 2.74 bits per heavy atom. The summed E-state index contributed by atoms with van der Waals surface area (Å²) in [7, 11) is -2.78. The van der Waals surface area contributed by atoms with Gasteiger partial charge in [-0.1, -0.05) is 18.2 Å². The summed E-state index contributed by atoms with van der Waals surface area (Å²) in [5, 5.41) is 4.68. The van der Waals surface area contributed by atoms with Crippen molar-refractivity contribution in [2.24, 2.45) is 0 Å². The minimum absolute atomic E-state index is 0.267. The number of thiophene rings is 1. The number of hydrogen-bond donors (Lipinski definition) is 2. The molecule has 3 aromatic rings. The van der Waals surface area contributed by atoms with E-state index in [-0.39, 0.29) is 11.1 Å². The summed E-state index contributed by atoms with van der Waals surface area (Å²) in [6.45, 7) is 2.92. The van der Waals surface area contributed by atoms with Gasteiger partial charge in [0.1, 0.15) is 11.3 Å². The zero-order valence-electron chi connectivity index (χ0n) is 16.9. The van der Waals surface area contributed by atoms with Crippen molar-refractivity contribution in [3.63, 3.8) is 0 Å². The average molecular weight is 457 g/mol. The topological polar surface area (TPSA) is 82.6 Å². The molecule has 31 heavy (non-hydrogen) atoms. The molecule has 4 rings (SSSR count). The maximum Gasteiger partial charge on any atom is 0.183 e. The summed E-state index contributed by atoms with van der Waals surface area (Å²) in [6.07, 6.45) is 6.08. The van der Waals surface area contributed by atoms with Crippen LogP contribution < -0.4 is 5.32 Å². The van der Waals surface area contributed by atoms with Gasteiger partial charge in [-0.15, -0.1) is 11.3 Å². The Morgan fingerprint density at radius 2 is 2.00 bits per heavy atom. The zero-order chi connectivity index (χ0) is 21.6. The van der Waals surface area contributed by atoms with Gasteiger partial charge in [-0.05, 0) is 35.7 Å². The van der Waals surface area contributed by atoms with Crippen LogP contribution >= 0.6 is 11.3 Å². The Labute approximate surface area is 187 Å². The van der Waals surface area contributed by atoms with Crippen molar-refractivity contribution in [1.82, 2.24) is 14.8 Å². The second-order valence-electron chi connectivity index (χ2n) is 7.29. The fourth-order valence-corrected chi connectivity index (χ4v) is 5.48. The van der Waals surface area contributed by atoms with Crippen LogP contribution in [-0.4, -0.2) is 68.3 Å². The van der Waals surface area contributed by atoms with Crippen LogP contribution in [0.1, 0.15) is 4.88 Å². The molecule has 1 saturated heterocycles. The zero-order valence-corrected chi connectivity index (χ0v) is 18.6. The van der Waals surface area contributed by atoms with E-state index in [1.165, 1.54) is 0 Å². The number of anilines is 1. The predicted octanol–water partition coefficient (Wildman–Crippen LogP) is 2.50. The van der Waals surface area contributed by atoms with Crippen LogP contribution in [0.4, 0.5) is 5.69 Å². The van der Waals surface area contributed by atoms with Crippen molar-refractivity contribution in [3.05, 3.63) is 64.8 Å². The van der Waals surface area contributed by atoms with Crippen LogP contribution in [0.3, 0.4) is 0 Å². The molecule has 2 aromatic heterocycles. The van der Waals surface area contributed by atoms with E-state index in [9.17, 15) is 13.2 Å². The van der Waals surface area contributed by atoms with Crippen LogP contribution in [0.15, 0.2) is 59.9 Å². The maximum atomic E-state index is 12.0. The molecule has 1 aliphatic rings. The van der Waals surface area contributed by atoms with Crippen molar-refractivity contribution in [2.75, 3.05) is 38.0 Å². The smallest absolute Gasteiger partial charge is 0.183 e. The number of rotatable bonds is 8. The highest BCUT2D eigenvalue weighted by Gasteiger charge is 2.28. The number of fused-ring (bicyclic) bond motifs is 1. The van der Waals surface area contributed by atoms with E-state index in [0.29, 0.717) is 32.7 Å². The lowest BCUT2D eigenvalue weighted by molar-refractivity contribution is -0.114. The first-order valence-electron chi connectivity index (χ1n) is 10.1. The highest BCUT2D eigenvalue weighted by molar-refractivity contribution is 7.76. The molecule has 7 nitrogen and oxygen atoms in total. The molecule has 0 radical (unpaired) electrons. The van der Waals surface area contributed by atoms with Gasteiger partial charge in [0, 0.05) is 60.4 Å². The third-order valence-corrected chi connectivity index (χ3v) is 7.18. The normalized spacial score (nSPS) is 17.9. The van der Waals surface area contributed by atoms with Gasteiger partial charge >= 0.3 is 0 Å². The van der Waals surface area contributed by atoms with E-state index < -0.39 is 10.7 Å². The van der Waals surface area contributed by atoms with Gasteiger partial charge in [0.15, 0.2) is 10.7 Å². The highest BCUT2D eigenvalue weighted by atomic mass is 32.2. The van der Waals surface area contributed by atoms with Gasteiger partial charge in [-0.2, -0.15) is 0 Å². The number of aromatic nitrogens is 1. The highest BCUT2D eigenvalue weighted by Crippen LogP contribution is 2.28. The number of aldehydes is 1. The number of carbonyl (C=O) groups is 1. The Morgan fingerprint density at radius 1 is 1.19 bits per heavy atom. The maximum absolute atomic E-state index is 12.0. The molecular weight excluding hydrogens is 432 g/mol. The minimum Gasteiger partial charge on any atom is -0.384 e. The fraction of sp³-hybridized carbons (Fsp3) is 0.273. The molecule has 1 fully saturated rings. The number of nitrogens with zero attached hydrogens (tertiary/aromatic N) is 3. The van der Waals surface area contributed by atoms with E-state index >= 15 is 0 Å². The summed E-state index contributed by atoms with van der Waals surface area (Å²) >= 11 is 1.56. The Hall–Kier alpha value is -2.75. The van der Waals surface area contributed by atoms with E-state index in [0.717, 1.165) is 26.9 Å². The Bertz CT molecular complexity index is 1100. The fourth-order valence-electron chi connectivity index (χ4n) is 3.74. The molecule has 0 saturated carbocycles. The molecule has 9 heteroatoms. The van der Waals surface area contributed by atoms with Gasteiger partial charge < -0.3 is 15.0 Å². The van der Waals surface area contributed by atoms with Crippen LogP contribution in [0.5, 0.6) is 0 Å². The average Bonchev–Trinajstić information content (AvgIpc) is 3.21. The molecule has 1 atom stereocenters. The molecule has 1 aliphatic heterocycles. The molecule has 162 valence electrons. The molecule has 1 unspecified atom stereocenters. The van der Waals surface area contributed by atoms with Gasteiger partial charge in [0.25, 0.3) is 0 Å². The van der Waals surface area contributed by atoms with E-state index in [2.05, 4.69) is 15.2 Å². The first kappa shape index (κ1) is 21.5. The number of piperazine rings is 1. The lowest BCUT2D eigenvalue weighted by Gasteiger charge is -2.39. The summed E-state index contributed by atoms with van der Waals surface area (Å²) in [6, 6.07) is 13.4. The van der Waals surface area contributed by atoms with E-state index in [4.69, 9.17) is 0 Å². The van der Waals surface area contributed by atoms with Gasteiger partial charge in [-0.25, -0.2) is 8.42 Å². The second-order valence-corrected chi connectivity index (χ2v) is 9.38. The first-order valence-corrected chi connectivity index (χ1v) is 12.1. The lowest BCUT2D eigenvalue weighted by Crippen LogP contribution is -2.54. The third-order valence-electron chi connectivity index (χ3n) is 5.33. The van der Waals surface area contributed by atoms with Crippen molar-refractivity contribution in [2.45, 2.75) is 6.04 Å². The monoisotopic (exact) mass is 456 g/mol. The minimum atomic E-state index is -2.78. The van der Waals surface area contributed by atoms with E-state index in [1.54, 1.807) is 29.8 Å². The van der Waals surface area contributed by atoms with Crippen molar-refractivity contribution < 1.29 is 13.2 Å².